The molecule has 137 valence electrons. The van der Waals surface area contributed by atoms with E-state index in [0.29, 0.717) is 22.7 Å². The van der Waals surface area contributed by atoms with Crippen molar-refractivity contribution in [2.45, 2.75) is 39.7 Å². The predicted molar refractivity (Wildman–Crippen MR) is 98.9 cm³/mol. The van der Waals surface area contributed by atoms with Gasteiger partial charge in [-0.1, -0.05) is 24.9 Å². The molecule has 0 aliphatic heterocycles. The number of ether oxygens (including phenoxy) is 1. The van der Waals surface area contributed by atoms with E-state index in [9.17, 15) is 9.59 Å². The van der Waals surface area contributed by atoms with Gasteiger partial charge in [0.25, 0.3) is 5.91 Å². The van der Waals surface area contributed by atoms with E-state index in [1.54, 1.807) is 34.0 Å². The summed E-state index contributed by atoms with van der Waals surface area (Å²) in [7, 11) is 3.60. The second-order valence-corrected chi connectivity index (χ2v) is 7.47. The Morgan fingerprint density at radius 3 is 2.40 bits per heavy atom. The van der Waals surface area contributed by atoms with Gasteiger partial charge in [0.2, 0.25) is 0 Å². The first kappa shape index (κ1) is 24.9. The normalized spacial score (nSPS) is 12.1. The van der Waals surface area contributed by atoms with Crippen LogP contribution in [0.2, 0.25) is 5.02 Å². The maximum Gasteiger partial charge on any atom is 0.340 e. The van der Waals surface area contributed by atoms with Crippen molar-refractivity contribution in [3.63, 3.8) is 0 Å². The molecule has 0 bridgehead atoms. The van der Waals surface area contributed by atoms with Crippen LogP contribution in [0.3, 0.4) is 0 Å². The predicted octanol–water partition coefficient (Wildman–Crippen LogP) is 3.47. The van der Waals surface area contributed by atoms with E-state index in [-0.39, 0.29) is 54.7 Å². The van der Waals surface area contributed by atoms with E-state index in [0.717, 1.165) is 6.42 Å². The SMILES string of the molecule is CCCC(C(=O)Nc1c(C)cc(Cl)cc1C(=O)OCC)[N+](C)(C)[S-].[Y]. The van der Waals surface area contributed by atoms with Crippen LogP contribution in [0.15, 0.2) is 12.1 Å². The molecule has 0 aromatic heterocycles. The van der Waals surface area contributed by atoms with Crippen molar-refractivity contribution in [3.8, 4) is 0 Å². The van der Waals surface area contributed by atoms with E-state index in [1.165, 1.54) is 6.07 Å². The van der Waals surface area contributed by atoms with Gasteiger partial charge in [0.15, 0.2) is 6.04 Å². The minimum Gasteiger partial charge on any atom is -0.494 e. The van der Waals surface area contributed by atoms with Gasteiger partial charge in [-0.15, -0.1) is 0 Å². The number of amides is 1. The maximum absolute atomic E-state index is 12.7. The summed E-state index contributed by atoms with van der Waals surface area (Å²) in [6.07, 6.45) is 1.49. The van der Waals surface area contributed by atoms with E-state index < -0.39 is 12.0 Å². The van der Waals surface area contributed by atoms with Gasteiger partial charge < -0.3 is 26.8 Å². The summed E-state index contributed by atoms with van der Waals surface area (Å²) >= 11 is 11.5. The second-order valence-electron chi connectivity index (χ2n) is 6.09. The molecule has 0 spiro atoms. The average Bonchev–Trinajstić information content (AvgIpc) is 2.46. The molecule has 1 amide bonds. The molecule has 0 saturated heterocycles. The topological polar surface area (TPSA) is 55.4 Å². The molecular weight excluding hydrogens is 437 g/mol. The van der Waals surface area contributed by atoms with Crippen molar-refractivity contribution in [1.29, 1.82) is 0 Å². The molecule has 0 fully saturated rings. The Morgan fingerprint density at radius 2 is 1.92 bits per heavy atom. The fourth-order valence-corrected chi connectivity index (χ4v) is 2.96. The Balaban J connectivity index is 0.00000576. The number of quaternary nitrogens is 1. The number of esters is 1. The van der Waals surface area contributed by atoms with Crippen molar-refractivity contribution >= 4 is 42.0 Å². The number of hydrogen-bond donors (Lipinski definition) is 1. The van der Waals surface area contributed by atoms with Crippen LogP contribution in [0.4, 0.5) is 5.69 Å². The summed E-state index contributed by atoms with van der Waals surface area (Å²) in [5.74, 6) is -0.731. The second kappa shape index (κ2) is 10.9. The van der Waals surface area contributed by atoms with Crippen molar-refractivity contribution in [2.75, 3.05) is 26.0 Å². The molecule has 1 radical (unpaired) electrons. The molecule has 1 unspecified atom stereocenters. The van der Waals surface area contributed by atoms with Crippen LogP contribution in [-0.2, 0) is 55.1 Å². The Hall–Kier alpha value is -0.136. The summed E-state index contributed by atoms with van der Waals surface area (Å²) in [5, 5.41) is 3.27. The van der Waals surface area contributed by atoms with E-state index in [4.69, 9.17) is 29.2 Å². The van der Waals surface area contributed by atoms with E-state index in [2.05, 4.69) is 5.32 Å². The zero-order valence-corrected chi connectivity index (χ0v) is 19.8. The van der Waals surface area contributed by atoms with Gasteiger partial charge in [-0.05, 0) is 31.5 Å². The maximum atomic E-state index is 12.7. The quantitative estimate of drug-likeness (QED) is 0.384. The molecule has 1 N–H and O–H groups in total. The molecule has 5 nitrogen and oxygen atoms in total. The molecule has 0 aliphatic rings. The minimum atomic E-state index is -0.516. The summed E-state index contributed by atoms with van der Waals surface area (Å²) in [6.45, 7) is 5.75. The minimum absolute atomic E-state index is 0. The number of likely N-dealkylation sites (N-methyl/N-ethyl adjacent to an activating group) is 1. The molecule has 1 rings (SSSR count). The number of carbonyl (C=O) groups is 2. The number of anilines is 1. The van der Waals surface area contributed by atoms with Crippen LogP contribution < -0.4 is 5.32 Å². The fourth-order valence-electron chi connectivity index (χ4n) is 2.48. The molecule has 1 aromatic carbocycles. The van der Waals surface area contributed by atoms with Gasteiger partial charge in [-0.25, -0.2) is 4.79 Å². The zero-order valence-electron chi connectivity index (χ0n) is 15.4. The van der Waals surface area contributed by atoms with Crippen molar-refractivity contribution < 1.29 is 50.9 Å². The van der Waals surface area contributed by atoms with E-state index >= 15 is 0 Å². The van der Waals surface area contributed by atoms with Gasteiger partial charge in [0.1, 0.15) is 0 Å². The van der Waals surface area contributed by atoms with Crippen molar-refractivity contribution in [2.24, 2.45) is 0 Å². The van der Waals surface area contributed by atoms with Gasteiger partial charge in [0, 0.05) is 44.2 Å². The molecule has 0 heterocycles. The number of hydrogen-bond acceptors (Lipinski definition) is 4. The Morgan fingerprint density at radius 1 is 1.32 bits per heavy atom. The van der Waals surface area contributed by atoms with Crippen LogP contribution >= 0.6 is 11.6 Å². The van der Waals surface area contributed by atoms with Gasteiger partial charge in [-0.2, -0.15) is 0 Å². The number of carbonyl (C=O) groups excluding carboxylic acids is 2. The number of nitrogens with zero attached hydrogens (tertiary/aromatic N) is 1. The van der Waals surface area contributed by atoms with Crippen LogP contribution in [0, 0.1) is 6.92 Å². The molecule has 8 heteroatoms. The number of rotatable bonds is 7. The summed E-state index contributed by atoms with van der Waals surface area (Å²) in [6, 6.07) is 2.81. The molecular formula is C17H25ClN2O3SY. The number of nitrogens with one attached hydrogen (secondary N) is 1. The Labute approximate surface area is 185 Å². The molecule has 0 aliphatic carbocycles. The Kier molecular flexibility index (Phi) is 10.8. The number of benzene rings is 1. The molecule has 1 atom stereocenters. The zero-order chi connectivity index (χ0) is 18.5. The van der Waals surface area contributed by atoms with E-state index in [1.807, 2.05) is 6.92 Å². The molecule has 25 heavy (non-hydrogen) atoms. The third-order valence-corrected chi connectivity index (χ3v) is 4.13. The standard InChI is InChI=1S/C17H25ClN2O3S.Y/c1-6-8-14(20(4,5)24)16(21)19-15-11(3)9-12(18)10-13(15)17(22)23-7-2;/h9-10,14H,6-8H2,1-5H3,(H,19,21);. The number of halogens is 1. The Bertz CT molecular complexity index is 621. The smallest absolute Gasteiger partial charge is 0.340 e. The third-order valence-electron chi connectivity index (χ3n) is 3.66. The summed E-state index contributed by atoms with van der Waals surface area (Å²) < 4.78 is 5.16. The van der Waals surface area contributed by atoms with Gasteiger partial charge in [-0.3, -0.25) is 4.79 Å². The molecule has 0 saturated carbocycles. The molecule has 1 aromatic rings. The average molecular weight is 462 g/mol. The fraction of sp³-hybridized carbons (Fsp3) is 0.529. The first-order chi connectivity index (χ1) is 11.1. The van der Waals surface area contributed by atoms with Crippen LogP contribution in [0.5, 0.6) is 0 Å². The largest absolute Gasteiger partial charge is 0.494 e. The van der Waals surface area contributed by atoms with Crippen LogP contribution in [0.1, 0.15) is 42.6 Å². The number of aryl methyl sites for hydroxylation is 1. The first-order valence-electron chi connectivity index (χ1n) is 7.94. The summed E-state index contributed by atoms with van der Waals surface area (Å²) in [5.41, 5.74) is 1.37. The first-order valence-corrected chi connectivity index (χ1v) is 8.68. The van der Waals surface area contributed by atoms with Crippen molar-refractivity contribution in [1.82, 2.24) is 0 Å². The van der Waals surface area contributed by atoms with Crippen molar-refractivity contribution in [3.05, 3.63) is 28.3 Å². The van der Waals surface area contributed by atoms with Crippen LogP contribution in [-0.4, -0.2) is 42.5 Å². The summed E-state index contributed by atoms with van der Waals surface area (Å²) in [4.78, 5) is 24.9. The van der Waals surface area contributed by atoms with Crippen LogP contribution in [0.25, 0.3) is 0 Å². The van der Waals surface area contributed by atoms with Gasteiger partial charge in [0.05, 0.1) is 32.0 Å². The van der Waals surface area contributed by atoms with Gasteiger partial charge >= 0.3 is 5.97 Å². The monoisotopic (exact) mass is 461 g/mol. The third kappa shape index (κ3) is 7.18.